The maximum absolute atomic E-state index is 6.07. The van der Waals surface area contributed by atoms with Crippen LogP contribution in [0.15, 0.2) is 0 Å². The van der Waals surface area contributed by atoms with Crippen LogP contribution < -0.4 is 0 Å². The first-order chi connectivity index (χ1) is 5.45. The molecular weight excluding hydrogens is 238 g/mol. The highest BCUT2D eigenvalue weighted by Crippen LogP contribution is 2.77. The van der Waals surface area contributed by atoms with Crippen molar-refractivity contribution in [3.8, 4) is 0 Å². The molecule has 0 N–H and O–H groups in total. The van der Waals surface area contributed by atoms with Gasteiger partial charge in [0, 0.05) is 0 Å². The van der Waals surface area contributed by atoms with Crippen LogP contribution in [-0.4, -0.2) is 8.67 Å². The van der Waals surface area contributed by atoms with E-state index in [0.717, 1.165) is 12.8 Å². The first kappa shape index (κ1) is 8.47. The molecule has 0 saturated heterocycles. The van der Waals surface area contributed by atoms with Gasteiger partial charge < -0.3 is 0 Å². The first-order valence-electron chi connectivity index (χ1n) is 4.21. The molecule has 0 aromatic carbocycles. The van der Waals surface area contributed by atoms with Gasteiger partial charge in [0.2, 0.25) is 0 Å². The van der Waals surface area contributed by atoms with Crippen molar-refractivity contribution in [1.29, 1.82) is 0 Å². The van der Waals surface area contributed by atoms with E-state index in [0.29, 0.717) is 23.7 Å². The lowest BCUT2D eigenvalue weighted by atomic mass is 10.0. The summed E-state index contributed by atoms with van der Waals surface area (Å²) >= 11 is 24.3. The number of rotatable bonds is 0. The molecule has 0 aromatic heterocycles. The molecule has 0 heterocycles. The Hall–Kier alpha value is 1.16. The number of alkyl halides is 4. The monoisotopic (exact) mass is 244 g/mol. The van der Waals surface area contributed by atoms with Crippen molar-refractivity contribution >= 4 is 46.4 Å². The number of fused-ring (bicyclic) bond motifs is 2. The van der Waals surface area contributed by atoms with Gasteiger partial charge in [0.15, 0.2) is 0 Å². The van der Waals surface area contributed by atoms with E-state index in [1.807, 2.05) is 0 Å². The quantitative estimate of drug-likeness (QED) is 0.572. The summed E-state index contributed by atoms with van der Waals surface area (Å²) in [5.74, 6) is 1.84. The highest BCUT2D eigenvalue weighted by atomic mass is 35.5. The van der Waals surface area contributed by atoms with Gasteiger partial charge in [0.25, 0.3) is 0 Å². The second-order valence-corrected chi connectivity index (χ2v) is 7.14. The first-order valence-corrected chi connectivity index (χ1v) is 5.72. The van der Waals surface area contributed by atoms with E-state index in [4.69, 9.17) is 46.4 Å². The van der Waals surface area contributed by atoms with Crippen molar-refractivity contribution in [1.82, 2.24) is 0 Å². The van der Waals surface area contributed by atoms with E-state index in [-0.39, 0.29) is 0 Å². The highest BCUT2D eigenvalue weighted by Gasteiger charge is 2.76. The Labute approximate surface area is 91.5 Å². The molecule has 3 aliphatic rings. The Kier molecular flexibility index (Phi) is 1.45. The molecule has 12 heavy (non-hydrogen) atoms. The van der Waals surface area contributed by atoms with Crippen molar-refractivity contribution in [2.24, 2.45) is 23.7 Å². The van der Waals surface area contributed by atoms with Crippen LogP contribution >= 0.6 is 46.4 Å². The zero-order valence-electron chi connectivity index (χ0n) is 6.24. The minimum atomic E-state index is -0.447. The summed E-state index contributed by atoms with van der Waals surface area (Å²) in [5.41, 5.74) is 0. The molecule has 0 aromatic rings. The number of hydrogen-bond acceptors (Lipinski definition) is 0. The summed E-state index contributed by atoms with van der Waals surface area (Å²) in [5, 5.41) is 0. The van der Waals surface area contributed by atoms with Gasteiger partial charge >= 0.3 is 0 Å². The largest absolute Gasteiger partial charge is 0.124 e. The number of halogens is 4. The second-order valence-electron chi connectivity index (χ2n) is 4.25. The molecule has 0 amide bonds. The molecule has 0 radical (unpaired) electrons. The zero-order valence-corrected chi connectivity index (χ0v) is 9.26. The molecule has 0 nitrogen and oxygen atoms in total. The summed E-state index contributed by atoms with van der Waals surface area (Å²) in [6, 6.07) is 0. The highest BCUT2D eigenvalue weighted by molar-refractivity contribution is 6.52. The fourth-order valence-corrected chi connectivity index (χ4v) is 4.43. The van der Waals surface area contributed by atoms with Gasteiger partial charge in [0.05, 0.1) is 0 Å². The van der Waals surface area contributed by atoms with Crippen LogP contribution in [0.25, 0.3) is 0 Å². The molecule has 4 heteroatoms. The summed E-state index contributed by atoms with van der Waals surface area (Å²) in [4.78, 5) is 0. The van der Waals surface area contributed by atoms with E-state index in [1.54, 1.807) is 0 Å². The molecule has 0 aliphatic heterocycles. The molecule has 3 fully saturated rings. The predicted molar refractivity (Wildman–Crippen MR) is 52.1 cm³/mol. The molecule has 0 bridgehead atoms. The minimum Gasteiger partial charge on any atom is -0.101 e. The molecular formula is C8H8Cl4. The van der Waals surface area contributed by atoms with Crippen molar-refractivity contribution in [3.63, 3.8) is 0 Å². The molecule has 68 valence electrons. The lowest BCUT2D eigenvalue weighted by Crippen LogP contribution is -1.96. The van der Waals surface area contributed by atoms with Gasteiger partial charge in [-0.15, -0.1) is 46.4 Å². The smallest absolute Gasteiger partial charge is 0.101 e. The molecule has 3 rings (SSSR count). The standard InChI is InChI=1S/C8H8Cl4/c9-7(10)3-1-4-6(2-5(3)7)8(4,11)12/h3-6H,1-2H2/t3-,4-,5-,6+/m1/s1. The van der Waals surface area contributed by atoms with Gasteiger partial charge in [-0.1, -0.05) is 0 Å². The Morgan fingerprint density at radius 1 is 0.667 bits per heavy atom. The van der Waals surface area contributed by atoms with Crippen LogP contribution in [0.4, 0.5) is 0 Å². The molecule has 0 spiro atoms. The average Bonchev–Trinajstić information content (AvgIpc) is 2.72. The van der Waals surface area contributed by atoms with E-state index in [1.165, 1.54) is 0 Å². The maximum atomic E-state index is 6.07. The third-order valence-electron chi connectivity index (χ3n) is 3.75. The fraction of sp³-hybridized carbons (Fsp3) is 1.00. The van der Waals surface area contributed by atoms with Crippen LogP contribution in [0.1, 0.15) is 12.8 Å². The third kappa shape index (κ3) is 0.834. The normalized spacial score (nSPS) is 57.0. The maximum Gasteiger partial charge on any atom is 0.124 e. The SMILES string of the molecule is ClC1(Cl)[C@@H]2C[C@@H]3[C@H](C[C@H]21)C3(Cl)Cl. The topological polar surface area (TPSA) is 0 Å². The average molecular weight is 246 g/mol. The van der Waals surface area contributed by atoms with Gasteiger partial charge in [-0.05, 0) is 36.5 Å². The molecule has 3 saturated carbocycles. The third-order valence-corrected chi connectivity index (χ3v) is 5.99. The van der Waals surface area contributed by atoms with Crippen LogP contribution in [0.2, 0.25) is 0 Å². The minimum absolute atomic E-state index is 0.447. The molecule has 3 aliphatic carbocycles. The van der Waals surface area contributed by atoms with E-state index in [9.17, 15) is 0 Å². The van der Waals surface area contributed by atoms with Crippen LogP contribution in [-0.2, 0) is 0 Å². The van der Waals surface area contributed by atoms with E-state index < -0.39 is 8.67 Å². The van der Waals surface area contributed by atoms with Crippen LogP contribution in [0.3, 0.4) is 0 Å². The van der Waals surface area contributed by atoms with Gasteiger partial charge in [-0.25, -0.2) is 0 Å². The van der Waals surface area contributed by atoms with Gasteiger partial charge in [-0.3, -0.25) is 0 Å². The summed E-state index contributed by atoms with van der Waals surface area (Å²) in [6.07, 6.45) is 2.05. The van der Waals surface area contributed by atoms with Crippen molar-refractivity contribution < 1.29 is 0 Å². The molecule has 0 unspecified atom stereocenters. The van der Waals surface area contributed by atoms with Crippen LogP contribution in [0, 0.1) is 23.7 Å². The lowest BCUT2D eigenvalue weighted by molar-refractivity contribution is 0.457. The lowest BCUT2D eigenvalue weighted by Gasteiger charge is -2.01. The van der Waals surface area contributed by atoms with Crippen molar-refractivity contribution in [2.45, 2.75) is 21.5 Å². The zero-order chi connectivity index (χ0) is 8.72. The second kappa shape index (κ2) is 2.05. The Bertz CT molecular complexity index is 201. The van der Waals surface area contributed by atoms with Crippen LogP contribution in [0.5, 0.6) is 0 Å². The Morgan fingerprint density at radius 3 is 1.17 bits per heavy atom. The Morgan fingerprint density at radius 2 is 0.917 bits per heavy atom. The molecule has 4 atom stereocenters. The van der Waals surface area contributed by atoms with Gasteiger partial charge in [-0.2, -0.15) is 0 Å². The fourth-order valence-electron chi connectivity index (χ4n) is 2.75. The van der Waals surface area contributed by atoms with Crippen molar-refractivity contribution in [3.05, 3.63) is 0 Å². The van der Waals surface area contributed by atoms with E-state index >= 15 is 0 Å². The summed E-state index contributed by atoms with van der Waals surface area (Å²) < 4.78 is -0.894. The summed E-state index contributed by atoms with van der Waals surface area (Å²) in [7, 11) is 0. The van der Waals surface area contributed by atoms with E-state index in [2.05, 4.69) is 0 Å². The number of hydrogen-bond donors (Lipinski definition) is 0. The summed E-state index contributed by atoms with van der Waals surface area (Å²) in [6.45, 7) is 0. The Balaban J connectivity index is 1.80. The predicted octanol–water partition coefficient (Wildman–Crippen LogP) is 3.62. The van der Waals surface area contributed by atoms with Crippen molar-refractivity contribution in [2.75, 3.05) is 0 Å². The van der Waals surface area contributed by atoms with Gasteiger partial charge in [0.1, 0.15) is 8.67 Å².